The molecule has 0 spiro atoms. The minimum atomic E-state index is -0.968. The molecule has 2 N–H and O–H groups in total. The highest BCUT2D eigenvalue weighted by molar-refractivity contribution is 5.99. The number of nitrogens with zero attached hydrogens (tertiary/aromatic N) is 1. The summed E-state index contributed by atoms with van der Waals surface area (Å²) in [5.41, 5.74) is 7.27. The van der Waals surface area contributed by atoms with Crippen molar-refractivity contribution in [1.29, 1.82) is 0 Å². The van der Waals surface area contributed by atoms with Crippen molar-refractivity contribution in [1.82, 2.24) is 9.88 Å². The lowest BCUT2D eigenvalue weighted by molar-refractivity contribution is -0.145. The minimum absolute atomic E-state index is 0.0992. The van der Waals surface area contributed by atoms with Gasteiger partial charge in [0.1, 0.15) is 5.75 Å². The standard InChI is InChI=1S/C33H38N2O4/c1-7-31(33(37)38)39-28-13-8-10-24(16-28)19-35-23(6)21(4)29-18-27(14-15-30(29)35)32(36)34-22(5)26-12-9-11-25(17-26)20(2)3/h8-18,20,22,31H,7,19H2,1-6H3,(H,34,36)(H,37,38)/t22-,31+/m0/s1. The zero-order chi connectivity index (χ0) is 28.3. The fourth-order valence-corrected chi connectivity index (χ4v) is 4.92. The van der Waals surface area contributed by atoms with Crippen molar-refractivity contribution in [2.75, 3.05) is 0 Å². The van der Waals surface area contributed by atoms with Gasteiger partial charge in [-0.25, -0.2) is 4.79 Å². The van der Waals surface area contributed by atoms with E-state index in [4.69, 9.17) is 4.74 Å². The summed E-state index contributed by atoms with van der Waals surface area (Å²) in [5.74, 6) is -0.0971. The van der Waals surface area contributed by atoms with E-state index >= 15 is 0 Å². The van der Waals surface area contributed by atoms with E-state index in [1.54, 1.807) is 13.0 Å². The number of carboxylic acids is 1. The number of carboxylic acid groups (broad SMARTS) is 1. The Morgan fingerprint density at radius 1 is 0.949 bits per heavy atom. The quantitative estimate of drug-likeness (QED) is 0.230. The van der Waals surface area contributed by atoms with Crippen molar-refractivity contribution < 1.29 is 19.4 Å². The molecule has 3 aromatic carbocycles. The largest absolute Gasteiger partial charge is 0.479 e. The number of carbonyl (C=O) groups excluding carboxylic acids is 1. The van der Waals surface area contributed by atoms with Crippen molar-refractivity contribution in [3.63, 3.8) is 0 Å². The van der Waals surface area contributed by atoms with Crippen molar-refractivity contribution in [2.24, 2.45) is 0 Å². The third-order valence-corrected chi connectivity index (χ3v) is 7.49. The van der Waals surface area contributed by atoms with Crippen LogP contribution < -0.4 is 10.1 Å². The number of hydrogen-bond donors (Lipinski definition) is 2. The number of amides is 1. The number of aliphatic carboxylic acids is 1. The molecule has 39 heavy (non-hydrogen) atoms. The van der Waals surface area contributed by atoms with Crippen LogP contribution in [0.15, 0.2) is 66.7 Å². The molecule has 0 saturated carbocycles. The summed E-state index contributed by atoms with van der Waals surface area (Å²) in [7, 11) is 0. The molecule has 4 rings (SSSR count). The van der Waals surface area contributed by atoms with Crippen LogP contribution in [-0.2, 0) is 11.3 Å². The van der Waals surface area contributed by atoms with Crippen LogP contribution in [0.1, 0.15) is 84.4 Å². The number of carbonyl (C=O) groups is 2. The van der Waals surface area contributed by atoms with Gasteiger partial charge in [-0.15, -0.1) is 0 Å². The zero-order valence-electron chi connectivity index (χ0n) is 23.6. The van der Waals surface area contributed by atoms with Crippen LogP contribution in [0.3, 0.4) is 0 Å². The first-order chi connectivity index (χ1) is 18.6. The average Bonchev–Trinajstić information content (AvgIpc) is 3.16. The third-order valence-electron chi connectivity index (χ3n) is 7.49. The van der Waals surface area contributed by atoms with Crippen LogP contribution in [0.25, 0.3) is 10.9 Å². The predicted octanol–water partition coefficient (Wildman–Crippen LogP) is 7.16. The molecule has 0 aliphatic heterocycles. The van der Waals surface area contributed by atoms with E-state index in [-0.39, 0.29) is 11.9 Å². The maximum atomic E-state index is 13.2. The van der Waals surface area contributed by atoms with Crippen LogP contribution in [-0.4, -0.2) is 27.7 Å². The number of nitrogens with one attached hydrogen (secondary N) is 1. The molecule has 4 aromatic rings. The lowest BCUT2D eigenvalue weighted by Gasteiger charge is -2.17. The first-order valence-electron chi connectivity index (χ1n) is 13.6. The molecule has 1 amide bonds. The Labute approximate surface area is 230 Å². The van der Waals surface area contributed by atoms with Crippen molar-refractivity contribution in [3.8, 4) is 5.75 Å². The van der Waals surface area contributed by atoms with Crippen LogP contribution in [0.2, 0.25) is 0 Å². The lowest BCUT2D eigenvalue weighted by atomic mass is 9.98. The molecule has 1 aromatic heterocycles. The van der Waals surface area contributed by atoms with Gasteiger partial charge < -0.3 is 19.7 Å². The lowest BCUT2D eigenvalue weighted by Crippen LogP contribution is -2.26. The number of aromatic nitrogens is 1. The molecular weight excluding hydrogens is 488 g/mol. The Morgan fingerprint density at radius 2 is 1.67 bits per heavy atom. The van der Waals surface area contributed by atoms with Gasteiger partial charge in [0.25, 0.3) is 5.91 Å². The topological polar surface area (TPSA) is 80.6 Å². The first kappa shape index (κ1) is 28.0. The highest BCUT2D eigenvalue weighted by Crippen LogP contribution is 2.28. The van der Waals surface area contributed by atoms with E-state index < -0.39 is 12.1 Å². The fourth-order valence-electron chi connectivity index (χ4n) is 4.92. The molecule has 0 bridgehead atoms. The molecular formula is C33H38N2O4. The van der Waals surface area contributed by atoms with E-state index in [0.29, 0.717) is 30.2 Å². The molecule has 204 valence electrons. The van der Waals surface area contributed by atoms with Crippen LogP contribution in [0.4, 0.5) is 0 Å². The minimum Gasteiger partial charge on any atom is -0.479 e. The second-order valence-corrected chi connectivity index (χ2v) is 10.5. The summed E-state index contributed by atoms with van der Waals surface area (Å²) in [6, 6.07) is 21.7. The molecule has 2 atom stereocenters. The van der Waals surface area contributed by atoms with Crippen LogP contribution in [0, 0.1) is 13.8 Å². The second kappa shape index (κ2) is 11.8. The third kappa shape index (κ3) is 6.17. The summed E-state index contributed by atoms with van der Waals surface area (Å²) in [4.78, 5) is 24.6. The smallest absolute Gasteiger partial charge is 0.344 e. The molecule has 0 fully saturated rings. The molecule has 6 nitrogen and oxygen atoms in total. The van der Waals surface area contributed by atoms with Gasteiger partial charge in [-0.2, -0.15) is 0 Å². The van der Waals surface area contributed by atoms with Gasteiger partial charge in [0.15, 0.2) is 6.10 Å². The molecule has 0 radical (unpaired) electrons. The summed E-state index contributed by atoms with van der Waals surface area (Å²) >= 11 is 0. The first-order valence-corrected chi connectivity index (χ1v) is 13.6. The normalized spacial score (nSPS) is 12.9. The summed E-state index contributed by atoms with van der Waals surface area (Å²) in [5, 5.41) is 13.5. The highest BCUT2D eigenvalue weighted by atomic mass is 16.5. The molecule has 0 saturated heterocycles. The highest BCUT2D eigenvalue weighted by Gasteiger charge is 2.18. The average molecular weight is 527 g/mol. The molecule has 0 aliphatic carbocycles. The second-order valence-electron chi connectivity index (χ2n) is 10.5. The Morgan fingerprint density at radius 3 is 2.36 bits per heavy atom. The monoisotopic (exact) mass is 526 g/mol. The molecule has 0 aliphatic rings. The number of hydrogen-bond acceptors (Lipinski definition) is 3. The van der Waals surface area contributed by atoms with E-state index in [1.807, 2.05) is 49.4 Å². The summed E-state index contributed by atoms with van der Waals surface area (Å²) in [6.45, 7) is 12.9. The van der Waals surface area contributed by atoms with Crippen LogP contribution >= 0.6 is 0 Å². The van der Waals surface area contributed by atoms with Crippen molar-refractivity contribution in [3.05, 3.63) is 100 Å². The maximum absolute atomic E-state index is 13.2. The summed E-state index contributed by atoms with van der Waals surface area (Å²) in [6.07, 6.45) is -0.484. The van der Waals surface area contributed by atoms with Gasteiger partial charge in [0.2, 0.25) is 0 Å². The number of ether oxygens (including phenoxy) is 1. The number of fused-ring (bicyclic) bond motifs is 1. The predicted molar refractivity (Wildman–Crippen MR) is 156 cm³/mol. The Bertz CT molecular complexity index is 1500. The SMILES string of the molecule is CC[C@@H](Oc1cccc(Cn2c(C)c(C)c3cc(C(=O)N[C@@H](C)c4cccc(C(C)C)c4)ccc32)c1)C(=O)O. The zero-order valence-corrected chi connectivity index (χ0v) is 23.6. The van der Waals surface area contributed by atoms with Gasteiger partial charge in [-0.05, 0) is 85.7 Å². The van der Waals surface area contributed by atoms with Crippen molar-refractivity contribution in [2.45, 2.75) is 72.6 Å². The summed E-state index contributed by atoms with van der Waals surface area (Å²) < 4.78 is 7.92. The van der Waals surface area contributed by atoms with Gasteiger partial charge >= 0.3 is 5.97 Å². The van der Waals surface area contributed by atoms with E-state index in [2.05, 4.69) is 55.8 Å². The Kier molecular flexibility index (Phi) is 8.44. The van der Waals surface area contributed by atoms with E-state index in [0.717, 1.165) is 33.3 Å². The van der Waals surface area contributed by atoms with Gasteiger partial charge in [-0.3, -0.25) is 4.79 Å². The number of rotatable bonds is 10. The number of benzene rings is 3. The molecule has 1 heterocycles. The Hall–Kier alpha value is -4.06. The van der Waals surface area contributed by atoms with Crippen molar-refractivity contribution >= 4 is 22.8 Å². The Balaban J connectivity index is 1.56. The number of aryl methyl sites for hydroxylation is 1. The van der Waals surface area contributed by atoms with Gasteiger partial charge in [0.05, 0.1) is 6.04 Å². The molecule has 6 heteroatoms. The van der Waals surface area contributed by atoms with E-state index in [9.17, 15) is 14.7 Å². The van der Waals surface area contributed by atoms with Gasteiger partial charge in [0, 0.05) is 28.7 Å². The van der Waals surface area contributed by atoms with Gasteiger partial charge in [-0.1, -0.05) is 57.2 Å². The fraction of sp³-hybridized carbons (Fsp3) is 0.333. The van der Waals surface area contributed by atoms with E-state index in [1.165, 1.54) is 5.56 Å². The maximum Gasteiger partial charge on any atom is 0.344 e. The molecule has 0 unspecified atom stereocenters. The van der Waals surface area contributed by atoms with Crippen LogP contribution in [0.5, 0.6) is 5.75 Å².